The van der Waals surface area contributed by atoms with Crippen LogP contribution in [0.3, 0.4) is 0 Å². The van der Waals surface area contributed by atoms with Gasteiger partial charge in [0.05, 0.1) is 0 Å². The lowest BCUT2D eigenvalue weighted by Crippen LogP contribution is -2.33. The molecule has 1 aromatic carbocycles. The maximum atomic E-state index is 12.8. The van der Waals surface area contributed by atoms with Gasteiger partial charge in [-0.25, -0.2) is 0 Å². The van der Waals surface area contributed by atoms with Crippen molar-refractivity contribution in [2.45, 2.75) is 33.7 Å². The second kappa shape index (κ2) is 8.65. The van der Waals surface area contributed by atoms with E-state index in [0.29, 0.717) is 18.3 Å². The Balaban J connectivity index is 1.79. The van der Waals surface area contributed by atoms with Crippen molar-refractivity contribution in [2.24, 2.45) is 5.92 Å². The van der Waals surface area contributed by atoms with Crippen LogP contribution in [0.4, 0.5) is 0 Å². The van der Waals surface area contributed by atoms with E-state index in [1.165, 1.54) is 4.57 Å². The molecule has 0 fully saturated rings. The van der Waals surface area contributed by atoms with Crippen LogP contribution in [0, 0.1) is 12.8 Å². The highest BCUT2D eigenvalue weighted by molar-refractivity contribution is 5.75. The van der Waals surface area contributed by atoms with Crippen molar-refractivity contribution in [3.05, 3.63) is 58.5 Å². The van der Waals surface area contributed by atoms with E-state index in [4.69, 9.17) is 4.52 Å². The lowest BCUT2D eigenvalue weighted by Gasteiger charge is -2.09. The van der Waals surface area contributed by atoms with E-state index in [9.17, 15) is 9.59 Å². The molecule has 0 aliphatic heterocycles. The number of aryl methyl sites for hydroxylation is 1. The first-order chi connectivity index (χ1) is 13.5. The Morgan fingerprint density at radius 3 is 2.68 bits per heavy atom. The highest BCUT2D eigenvalue weighted by Crippen LogP contribution is 2.22. The van der Waals surface area contributed by atoms with Crippen LogP contribution in [0.1, 0.15) is 25.8 Å². The van der Waals surface area contributed by atoms with Crippen molar-refractivity contribution in [1.82, 2.24) is 20.0 Å². The lowest BCUT2D eigenvalue weighted by molar-refractivity contribution is -0.121. The molecule has 0 spiro atoms. The summed E-state index contributed by atoms with van der Waals surface area (Å²) in [5.41, 5.74) is 1.78. The number of rotatable bonds is 7. The van der Waals surface area contributed by atoms with Gasteiger partial charge in [-0.15, -0.1) is 0 Å². The van der Waals surface area contributed by atoms with Crippen LogP contribution in [0.15, 0.2) is 51.9 Å². The minimum Gasteiger partial charge on any atom is -0.355 e. The molecule has 0 aliphatic carbocycles. The van der Waals surface area contributed by atoms with Crippen molar-refractivity contribution in [2.75, 3.05) is 6.54 Å². The Bertz CT molecular complexity index is 1020. The summed E-state index contributed by atoms with van der Waals surface area (Å²) in [6.07, 6.45) is 2.47. The third kappa shape index (κ3) is 4.54. The van der Waals surface area contributed by atoms with E-state index in [2.05, 4.69) is 29.3 Å². The molecule has 3 rings (SSSR count). The number of carbonyl (C=O) groups is 1. The summed E-state index contributed by atoms with van der Waals surface area (Å²) in [4.78, 5) is 29.2. The SMILES string of the molecule is Cc1ccccc1-c1noc(-c2cccn(CC(=O)NCCC(C)C)c2=O)n1. The number of hydrogen-bond donors (Lipinski definition) is 1. The zero-order valence-corrected chi connectivity index (χ0v) is 16.3. The summed E-state index contributed by atoms with van der Waals surface area (Å²) < 4.78 is 6.66. The maximum Gasteiger partial charge on any atom is 0.263 e. The lowest BCUT2D eigenvalue weighted by atomic mass is 10.1. The van der Waals surface area contributed by atoms with Crippen molar-refractivity contribution in [3.8, 4) is 22.8 Å². The van der Waals surface area contributed by atoms with Gasteiger partial charge < -0.3 is 14.4 Å². The second-order valence-electron chi connectivity index (χ2n) is 7.13. The number of pyridine rings is 1. The van der Waals surface area contributed by atoms with Gasteiger partial charge in [0.15, 0.2) is 0 Å². The molecule has 3 aromatic rings. The minimum absolute atomic E-state index is 0.0520. The molecule has 28 heavy (non-hydrogen) atoms. The van der Waals surface area contributed by atoms with Crippen LogP contribution < -0.4 is 10.9 Å². The molecular weight excluding hydrogens is 356 g/mol. The highest BCUT2D eigenvalue weighted by Gasteiger charge is 2.16. The van der Waals surface area contributed by atoms with Gasteiger partial charge in [0.1, 0.15) is 12.1 Å². The zero-order chi connectivity index (χ0) is 20.1. The average molecular weight is 380 g/mol. The summed E-state index contributed by atoms with van der Waals surface area (Å²) in [5, 5.41) is 6.83. The standard InChI is InChI=1S/C21H24N4O3/c1-14(2)10-11-22-18(26)13-25-12-6-9-17(21(25)27)20-23-19(24-28-20)16-8-5-4-7-15(16)3/h4-9,12,14H,10-11,13H2,1-3H3,(H,22,26). The van der Waals surface area contributed by atoms with Crippen LogP contribution in [0.2, 0.25) is 0 Å². The van der Waals surface area contributed by atoms with E-state index in [1.807, 2.05) is 31.2 Å². The van der Waals surface area contributed by atoms with Crippen LogP contribution >= 0.6 is 0 Å². The summed E-state index contributed by atoms with van der Waals surface area (Å²) in [7, 11) is 0. The predicted molar refractivity (Wildman–Crippen MR) is 107 cm³/mol. The van der Waals surface area contributed by atoms with E-state index in [0.717, 1.165) is 17.5 Å². The van der Waals surface area contributed by atoms with Crippen LogP contribution in [-0.2, 0) is 11.3 Å². The summed E-state index contributed by atoms with van der Waals surface area (Å²) in [6, 6.07) is 11.0. The molecular formula is C21H24N4O3. The molecule has 146 valence electrons. The van der Waals surface area contributed by atoms with Gasteiger partial charge in [-0.05, 0) is 37.0 Å². The number of benzene rings is 1. The van der Waals surface area contributed by atoms with Crippen molar-refractivity contribution in [3.63, 3.8) is 0 Å². The molecule has 2 aromatic heterocycles. The first-order valence-corrected chi connectivity index (χ1v) is 9.32. The van der Waals surface area contributed by atoms with Gasteiger partial charge in [0.25, 0.3) is 11.4 Å². The topological polar surface area (TPSA) is 90.0 Å². The van der Waals surface area contributed by atoms with E-state index >= 15 is 0 Å². The van der Waals surface area contributed by atoms with E-state index in [-0.39, 0.29) is 29.5 Å². The van der Waals surface area contributed by atoms with Gasteiger partial charge in [-0.1, -0.05) is 43.3 Å². The third-order valence-electron chi connectivity index (χ3n) is 4.42. The Kier molecular flexibility index (Phi) is 6.03. The first kappa shape index (κ1) is 19.5. The van der Waals surface area contributed by atoms with Crippen LogP contribution in [0.5, 0.6) is 0 Å². The summed E-state index contributed by atoms with van der Waals surface area (Å²) in [6.45, 7) is 6.68. The third-order valence-corrected chi connectivity index (χ3v) is 4.42. The van der Waals surface area contributed by atoms with Crippen molar-refractivity contribution < 1.29 is 9.32 Å². The Morgan fingerprint density at radius 2 is 1.93 bits per heavy atom. The number of nitrogens with one attached hydrogen (secondary N) is 1. The van der Waals surface area contributed by atoms with Gasteiger partial charge in [-0.3, -0.25) is 9.59 Å². The molecule has 0 saturated carbocycles. The van der Waals surface area contributed by atoms with E-state index in [1.54, 1.807) is 18.3 Å². The number of hydrogen-bond acceptors (Lipinski definition) is 5. The van der Waals surface area contributed by atoms with Gasteiger partial charge >= 0.3 is 0 Å². The molecule has 7 nitrogen and oxygen atoms in total. The Labute approximate surface area is 163 Å². The van der Waals surface area contributed by atoms with Gasteiger partial charge in [0.2, 0.25) is 11.7 Å². The average Bonchev–Trinajstić information content (AvgIpc) is 3.13. The molecule has 1 N–H and O–H groups in total. The van der Waals surface area contributed by atoms with Crippen LogP contribution in [-0.4, -0.2) is 27.2 Å². The van der Waals surface area contributed by atoms with Crippen molar-refractivity contribution >= 4 is 5.91 Å². The molecule has 0 radical (unpaired) electrons. The number of nitrogens with zero attached hydrogens (tertiary/aromatic N) is 3. The van der Waals surface area contributed by atoms with E-state index < -0.39 is 0 Å². The number of carbonyl (C=O) groups excluding carboxylic acids is 1. The molecule has 0 bridgehead atoms. The van der Waals surface area contributed by atoms with Gasteiger partial charge in [-0.2, -0.15) is 4.98 Å². The largest absolute Gasteiger partial charge is 0.355 e. The summed E-state index contributed by atoms with van der Waals surface area (Å²) in [5.74, 6) is 0.865. The summed E-state index contributed by atoms with van der Waals surface area (Å²) >= 11 is 0. The molecule has 1 amide bonds. The normalized spacial score (nSPS) is 11.0. The smallest absolute Gasteiger partial charge is 0.263 e. The molecule has 2 heterocycles. The number of aromatic nitrogens is 3. The fraction of sp³-hybridized carbons (Fsp3) is 0.333. The number of amides is 1. The zero-order valence-electron chi connectivity index (χ0n) is 16.3. The molecule has 0 aliphatic rings. The fourth-order valence-corrected chi connectivity index (χ4v) is 2.80. The molecule has 0 unspecified atom stereocenters. The quantitative estimate of drug-likeness (QED) is 0.680. The van der Waals surface area contributed by atoms with Gasteiger partial charge in [0, 0.05) is 18.3 Å². The molecule has 7 heteroatoms. The fourth-order valence-electron chi connectivity index (χ4n) is 2.80. The molecule has 0 atom stereocenters. The Hall–Kier alpha value is -3.22. The monoisotopic (exact) mass is 380 g/mol. The maximum absolute atomic E-state index is 12.8. The Morgan fingerprint density at radius 1 is 1.18 bits per heavy atom. The molecule has 0 saturated heterocycles. The second-order valence-corrected chi connectivity index (χ2v) is 7.13. The van der Waals surface area contributed by atoms with Crippen LogP contribution in [0.25, 0.3) is 22.8 Å². The highest BCUT2D eigenvalue weighted by atomic mass is 16.5. The minimum atomic E-state index is -0.346. The predicted octanol–water partition coefficient (Wildman–Crippen LogP) is 3.04. The van der Waals surface area contributed by atoms with Crippen molar-refractivity contribution in [1.29, 1.82) is 0 Å². The first-order valence-electron chi connectivity index (χ1n) is 9.32.